The Morgan fingerprint density at radius 1 is 1.50 bits per heavy atom. The van der Waals surface area contributed by atoms with Crippen LogP contribution >= 0.6 is 0 Å². The highest BCUT2D eigenvalue weighted by molar-refractivity contribution is 7.89. The monoisotopic (exact) mass is 325 g/mol. The van der Waals surface area contributed by atoms with E-state index in [1.54, 1.807) is 6.07 Å². The van der Waals surface area contributed by atoms with E-state index in [2.05, 4.69) is 0 Å². The van der Waals surface area contributed by atoms with Gasteiger partial charge >= 0.3 is 5.97 Å². The first kappa shape index (κ1) is 15.9. The van der Waals surface area contributed by atoms with Gasteiger partial charge in [0.25, 0.3) is 5.69 Å². The summed E-state index contributed by atoms with van der Waals surface area (Å²) < 4.78 is 26.0. The van der Waals surface area contributed by atoms with Crippen LogP contribution in [0.2, 0.25) is 0 Å². The molecular weight excluding hydrogens is 314 g/mol. The highest BCUT2D eigenvalue weighted by Crippen LogP contribution is 2.30. The highest BCUT2D eigenvalue weighted by atomic mass is 32.2. The molecule has 1 aliphatic rings. The van der Waals surface area contributed by atoms with Crippen LogP contribution in [0.4, 0.5) is 5.69 Å². The minimum absolute atomic E-state index is 0.00708. The third-order valence-corrected chi connectivity index (χ3v) is 5.34. The van der Waals surface area contributed by atoms with Crippen LogP contribution in [0.3, 0.4) is 0 Å². The molecule has 0 aliphatic carbocycles. The second-order valence-corrected chi connectivity index (χ2v) is 6.61. The minimum atomic E-state index is -4.16. The van der Waals surface area contributed by atoms with E-state index in [1.165, 1.54) is 6.07 Å². The molecule has 1 aromatic carbocycles. The predicted octanol–water partition coefficient (Wildman–Crippen LogP) is 0.562. The van der Waals surface area contributed by atoms with E-state index in [1.807, 2.05) is 0 Å². The summed E-state index contributed by atoms with van der Waals surface area (Å²) in [5, 5.41) is 28.9. The van der Waals surface area contributed by atoms with E-state index >= 15 is 0 Å². The zero-order valence-electron chi connectivity index (χ0n) is 11.2. The molecule has 2 rings (SSSR count). The van der Waals surface area contributed by atoms with Gasteiger partial charge in [0.2, 0.25) is 10.0 Å². The van der Waals surface area contributed by atoms with Crippen molar-refractivity contribution < 1.29 is 23.2 Å². The first-order chi connectivity index (χ1) is 10.3. The van der Waals surface area contributed by atoms with Crippen LogP contribution in [0.15, 0.2) is 23.1 Å². The van der Waals surface area contributed by atoms with E-state index < -0.39 is 43.0 Å². The van der Waals surface area contributed by atoms with Crippen molar-refractivity contribution in [2.45, 2.75) is 11.3 Å². The van der Waals surface area contributed by atoms with Crippen LogP contribution in [0, 0.1) is 27.4 Å². The molecule has 1 fully saturated rings. The number of carbonyl (C=O) groups is 1. The highest BCUT2D eigenvalue weighted by Gasteiger charge is 2.38. The maximum absolute atomic E-state index is 12.5. The maximum atomic E-state index is 12.5. The van der Waals surface area contributed by atoms with Gasteiger partial charge in [0.1, 0.15) is 16.5 Å². The van der Waals surface area contributed by atoms with E-state index in [-0.39, 0.29) is 19.5 Å². The smallest absolute Gasteiger partial charge is 0.307 e. The number of nitrogens with zero attached hydrogens (tertiary/aromatic N) is 3. The van der Waals surface area contributed by atoms with Gasteiger partial charge < -0.3 is 5.11 Å². The van der Waals surface area contributed by atoms with Gasteiger partial charge in [0, 0.05) is 19.2 Å². The lowest BCUT2D eigenvalue weighted by molar-refractivity contribution is -0.385. The van der Waals surface area contributed by atoms with E-state index in [4.69, 9.17) is 10.4 Å². The van der Waals surface area contributed by atoms with Gasteiger partial charge in [-0.3, -0.25) is 14.9 Å². The molecule has 0 spiro atoms. The quantitative estimate of drug-likeness (QED) is 0.629. The first-order valence-corrected chi connectivity index (χ1v) is 7.63. The molecule has 9 nitrogen and oxygen atoms in total. The van der Waals surface area contributed by atoms with Gasteiger partial charge in [-0.05, 0) is 12.5 Å². The lowest BCUT2D eigenvalue weighted by Gasteiger charge is -2.16. The van der Waals surface area contributed by atoms with Gasteiger partial charge in [0.05, 0.1) is 10.8 Å². The van der Waals surface area contributed by atoms with Crippen molar-refractivity contribution in [2.75, 3.05) is 13.1 Å². The molecule has 1 aromatic rings. The van der Waals surface area contributed by atoms with Crippen LogP contribution < -0.4 is 0 Å². The molecule has 1 saturated heterocycles. The number of nitriles is 1. The molecule has 116 valence electrons. The van der Waals surface area contributed by atoms with Gasteiger partial charge in [-0.15, -0.1) is 0 Å². The summed E-state index contributed by atoms with van der Waals surface area (Å²) in [6.45, 7) is -0.224. The van der Waals surface area contributed by atoms with Gasteiger partial charge in [-0.2, -0.15) is 9.57 Å². The molecule has 1 aliphatic heterocycles. The van der Waals surface area contributed by atoms with Crippen molar-refractivity contribution in [3.8, 4) is 6.07 Å². The van der Waals surface area contributed by atoms with Crippen molar-refractivity contribution in [3.63, 3.8) is 0 Å². The number of carboxylic acid groups (broad SMARTS) is 1. The average molecular weight is 325 g/mol. The zero-order chi connectivity index (χ0) is 16.5. The Labute approximate surface area is 125 Å². The number of benzene rings is 1. The lowest BCUT2D eigenvalue weighted by atomic mass is 10.1. The Morgan fingerprint density at radius 2 is 2.18 bits per heavy atom. The molecule has 0 aromatic heterocycles. The molecule has 10 heteroatoms. The normalized spacial score (nSPS) is 18.8. The van der Waals surface area contributed by atoms with Crippen LogP contribution in [-0.2, 0) is 14.8 Å². The molecule has 0 amide bonds. The number of sulfonamides is 1. The molecule has 0 radical (unpaired) electrons. The molecule has 0 bridgehead atoms. The molecule has 0 saturated carbocycles. The second-order valence-electron chi connectivity index (χ2n) is 4.71. The molecule has 1 N–H and O–H groups in total. The fraction of sp³-hybridized carbons (Fsp3) is 0.333. The number of nitro groups is 1. The van der Waals surface area contributed by atoms with Crippen molar-refractivity contribution in [1.82, 2.24) is 4.31 Å². The Bertz CT molecular complexity index is 783. The van der Waals surface area contributed by atoms with Crippen molar-refractivity contribution in [1.29, 1.82) is 5.26 Å². The van der Waals surface area contributed by atoms with Crippen LogP contribution in [0.25, 0.3) is 0 Å². The Morgan fingerprint density at radius 3 is 2.68 bits per heavy atom. The van der Waals surface area contributed by atoms with Crippen molar-refractivity contribution >= 4 is 21.7 Å². The average Bonchev–Trinajstić information content (AvgIpc) is 2.97. The van der Waals surface area contributed by atoms with Crippen molar-refractivity contribution in [3.05, 3.63) is 33.9 Å². The van der Waals surface area contributed by atoms with Crippen molar-refractivity contribution in [2.24, 2.45) is 5.92 Å². The number of rotatable bonds is 4. The fourth-order valence-corrected chi connectivity index (χ4v) is 3.95. The molecule has 1 unspecified atom stereocenters. The second kappa shape index (κ2) is 5.70. The summed E-state index contributed by atoms with van der Waals surface area (Å²) in [6, 6.07) is 4.87. The summed E-state index contributed by atoms with van der Waals surface area (Å²) in [5.74, 6) is -1.92. The number of aliphatic carboxylic acids is 1. The number of hydrogen-bond acceptors (Lipinski definition) is 6. The van der Waals surface area contributed by atoms with Gasteiger partial charge in [0.15, 0.2) is 0 Å². The minimum Gasteiger partial charge on any atom is -0.481 e. The van der Waals surface area contributed by atoms with Crippen LogP contribution in [-0.4, -0.2) is 41.8 Å². The Hall–Kier alpha value is -2.51. The third kappa shape index (κ3) is 2.63. The zero-order valence-corrected chi connectivity index (χ0v) is 12.0. The Balaban J connectivity index is 2.48. The molecule has 1 atom stereocenters. The first-order valence-electron chi connectivity index (χ1n) is 6.19. The molecule has 1 heterocycles. The van der Waals surface area contributed by atoms with E-state index in [0.29, 0.717) is 0 Å². The molecular formula is C12H11N3O6S. The molecule has 22 heavy (non-hydrogen) atoms. The fourth-order valence-electron chi connectivity index (χ4n) is 2.29. The maximum Gasteiger partial charge on any atom is 0.307 e. The number of carboxylic acids is 1. The van der Waals surface area contributed by atoms with Gasteiger partial charge in [-0.25, -0.2) is 8.42 Å². The summed E-state index contributed by atoms with van der Waals surface area (Å²) in [5.41, 5.74) is -1.15. The summed E-state index contributed by atoms with van der Waals surface area (Å²) in [7, 11) is -4.16. The third-order valence-electron chi connectivity index (χ3n) is 3.43. The largest absolute Gasteiger partial charge is 0.481 e. The summed E-state index contributed by atoms with van der Waals surface area (Å²) >= 11 is 0. The van der Waals surface area contributed by atoms with E-state index in [0.717, 1.165) is 16.4 Å². The lowest BCUT2D eigenvalue weighted by Crippen LogP contribution is -2.30. The van der Waals surface area contributed by atoms with Crippen LogP contribution in [0.5, 0.6) is 0 Å². The summed E-state index contributed by atoms with van der Waals surface area (Å²) in [4.78, 5) is 20.5. The SMILES string of the molecule is N#Cc1c([N+](=O)[O-])cccc1S(=O)(=O)N1CCC(C(=O)O)C1. The van der Waals surface area contributed by atoms with Gasteiger partial charge in [-0.1, -0.05) is 6.07 Å². The summed E-state index contributed by atoms with van der Waals surface area (Å²) in [6.07, 6.45) is 0.158. The standard InChI is InChI=1S/C12H11N3O6S/c13-6-9-10(15(18)19)2-1-3-11(9)22(20,21)14-5-4-8(7-14)12(16)17/h1-3,8H,4-5,7H2,(H,16,17). The van der Waals surface area contributed by atoms with Crippen LogP contribution in [0.1, 0.15) is 12.0 Å². The predicted molar refractivity (Wildman–Crippen MR) is 72.3 cm³/mol. The number of hydrogen-bond donors (Lipinski definition) is 1. The number of nitro benzene ring substituents is 1. The van der Waals surface area contributed by atoms with E-state index in [9.17, 15) is 23.3 Å². The topological polar surface area (TPSA) is 142 Å². The Kier molecular flexibility index (Phi) is 4.11.